The number of piperidine rings is 1. The van der Waals surface area contributed by atoms with E-state index in [-0.39, 0.29) is 5.91 Å². The van der Waals surface area contributed by atoms with Crippen molar-refractivity contribution in [3.8, 4) is 22.3 Å². The fourth-order valence-corrected chi connectivity index (χ4v) is 7.63. The van der Waals surface area contributed by atoms with Crippen molar-refractivity contribution in [2.75, 3.05) is 59.5 Å². The molecule has 7 rings (SSSR count). The van der Waals surface area contributed by atoms with E-state index in [0.717, 1.165) is 101 Å². The molecule has 7 heteroatoms. The molecule has 2 saturated heterocycles. The molecular formula is C39H48N4O3. The van der Waals surface area contributed by atoms with E-state index in [9.17, 15) is 9.90 Å². The summed E-state index contributed by atoms with van der Waals surface area (Å²) in [6.07, 6.45) is 5.93. The Bertz CT molecular complexity index is 1690. The van der Waals surface area contributed by atoms with Gasteiger partial charge in [-0.15, -0.1) is 0 Å². The molecule has 3 aromatic carbocycles. The van der Waals surface area contributed by atoms with Gasteiger partial charge in [-0.3, -0.25) is 9.69 Å². The van der Waals surface area contributed by atoms with E-state index < -0.39 is 5.60 Å². The number of H-pyrrole nitrogens is 1. The summed E-state index contributed by atoms with van der Waals surface area (Å²) in [7, 11) is 1.89. The molecule has 0 radical (unpaired) electrons. The molecule has 1 atom stereocenters. The molecule has 3 aliphatic heterocycles. The van der Waals surface area contributed by atoms with Crippen molar-refractivity contribution in [1.29, 1.82) is 0 Å². The third-order valence-electron chi connectivity index (χ3n) is 10.7. The number of rotatable bonds is 8. The summed E-state index contributed by atoms with van der Waals surface area (Å²) in [5.74, 6) is 0.484. The number of carbonyl (C=O) groups is 1. The first-order chi connectivity index (χ1) is 22.2. The third kappa shape index (κ3) is 6.65. The molecule has 0 aliphatic carbocycles. The van der Waals surface area contributed by atoms with Crippen molar-refractivity contribution < 1.29 is 14.6 Å². The molecule has 0 spiro atoms. The van der Waals surface area contributed by atoms with Gasteiger partial charge in [0.25, 0.3) is 5.91 Å². The molecule has 0 bridgehead atoms. The number of aryl methyl sites for hydroxylation is 1. The number of amides is 1. The minimum Gasteiger partial charge on any atom is -0.390 e. The fraction of sp³-hybridized carbons (Fsp3) is 0.462. The van der Waals surface area contributed by atoms with Crippen LogP contribution < -0.4 is 0 Å². The number of hydrogen-bond donors (Lipinski definition) is 2. The minimum absolute atomic E-state index is 0.0572. The molecule has 1 unspecified atom stereocenters. The number of aromatic nitrogens is 1. The summed E-state index contributed by atoms with van der Waals surface area (Å²) in [6, 6.07) is 19.5. The van der Waals surface area contributed by atoms with Crippen LogP contribution in [-0.2, 0) is 17.7 Å². The summed E-state index contributed by atoms with van der Waals surface area (Å²) in [4.78, 5) is 23.5. The van der Waals surface area contributed by atoms with Gasteiger partial charge in [-0.2, -0.15) is 0 Å². The Balaban J connectivity index is 1.06. The number of nitrogens with one attached hydrogen (secondary N) is 1. The van der Waals surface area contributed by atoms with E-state index in [4.69, 9.17) is 4.74 Å². The van der Waals surface area contributed by atoms with Gasteiger partial charge in [0, 0.05) is 93.6 Å². The van der Waals surface area contributed by atoms with Gasteiger partial charge in [-0.1, -0.05) is 24.3 Å². The highest BCUT2D eigenvalue weighted by atomic mass is 16.5. The zero-order valence-electron chi connectivity index (χ0n) is 27.6. The van der Waals surface area contributed by atoms with Gasteiger partial charge in [0.05, 0.1) is 12.2 Å². The Labute approximate surface area is 273 Å². The highest BCUT2D eigenvalue weighted by Gasteiger charge is 2.28. The Morgan fingerprint density at radius 3 is 2.52 bits per heavy atom. The van der Waals surface area contributed by atoms with Gasteiger partial charge in [0.2, 0.25) is 0 Å². The average Bonchev–Trinajstić information content (AvgIpc) is 3.73. The Kier molecular flexibility index (Phi) is 8.77. The van der Waals surface area contributed by atoms with Crippen LogP contribution >= 0.6 is 0 Å². The Hall–Kier alpha value is -3.49. The zero-order valence-corrected chi connectivity index (χ0v) is 27.6. The van der Waals surface area contributed by atoms with Crippen molar-refractivity contribution in [2.24, 2.45) is 5.92 Å². The van der Waals surface area contributed by atoms with Gasteiger partial charge in [-0.05, 0) is 103 Å². The second kappa shape index (κ2) is 13.0. The maximum atomic E-state index is 13.1. The molecule has 3 aliphatic rings. The second-order valence-corrected chi connectivity index (χ2v) is 14.3. The lowest BCUT2D eigenvalue weighted by molar-refractivity contribution is -0.00730. The van der Waals surface area contributed by atoms with Crippen molar-refractivity contribution in [3.63, 3.8) is 0 Å². The first-order valence-corrected chi connectivity index (χ1v) is 17.1. The van der Waals surface area contributed by atoms with Gasteiger partial charge >= 0.3 is 0 Å². The van der Waals surface area contributed by atoms with Crippen molar-refractivity contribution in [3.05, 3.63) is 83.0 Å². The van der Waals surface area contributed by atoms with Crippen LogP contribution in [0.4, 0.5) is 0 Å². The Morgan fingerprint density at radius 2 is 1.76 bits per heavy atom. The second-order valence-electron chi connectivity index (χ2n) is 14.3. The van der Waals surface area contributed by atoms with E-state index in [0.29, 0.717) is 11.5 Å². The van der Waals surface area contributed by atoms with Crippen LogP contribution in [0.5, 0.6) is 0 Å². The van der Waals surface area contributed by atoms with Crippen LogP contribution in [0.2, 0.25) is 0 Å². The van der Waals surface area contributed by atoms with E-state index in [1.54, 1.807) is 0 Å². The summed E-state index contributed by atoms with van der Waals surface area (Å²) in [5.41, 5.74) is 10.4. The van der Waals surface area contributed by atoms with Crippen LogP contribution in [0.3, 0.4) is 0 Å². The molecule has 4 aromatic rings. The summed E-state index contributed by atoms with van der Waals surface area (Å²) < 4.78 is 5.49. The highest BCUT2D eigenvalue weighted by molar-refractivity contribution is 5.99. The van der Waals surface area contributed by atoms with E-state index in [1.807, 2.05) is 31.0 Å². The standard InChI is InChI=1S/C39H48N4O3/c1-27-20-32(21-33-25-43(14-10-34(27)33)18-17-42-15-12-39(2,45)13-16-42)31-8-9-37-35(22-31)36(23-40-37)29-4-6-30(7-5-29)38(44)41(3)24-28-11-19-46-26-28/h4-9,20-23,28,40,45H,10-19,24-26H2,1-3H3. The SMILES string of the molecule is Cc1cc(-c2ccc3[nH]cc(-c4ccc(C(=O)N(C)CC5CCOC5)cc4)c3c2)cc2c1CCN(CCN1CCC(C)(O)CC1)C2. The molecule has 0 saturated carbocycles. The maximum Gasteiger partial charge on any atom is 0.253 e. The monoisotopic (exact) mass is 620 g/mol. The van der Waals surface area contributed by atoms with E-state index >= 15 is 0 Å². The van der Waals surface area contributed by atoms with Crippen molar-refractivity contribution in [2.45, 2.75) is 51.7 Å². The zero-order chi connectivity index (χ0) is 31.8. The number of carbonyl (C=O) groups excluding carboxylic acids is 1. The molecule has 2 fully saturated rings. The molecule has 1 amide bonds. The first-order valence-electron chi connectivity index (χ1n) is 17.1. The van der Waals surface area contributed by atoms with Gasteiger partial charge < -0.3 is 24.6 Å². The highest BCUT2D eigenvalue weighted by Crippen LogP contribution is 2.35. The van der Waals surface area contributed by atoms with Crippen LogP contribution in [0, 0.1) is 12.8 Å². The number of fused-ring (bicyclic) bond motifs is 2. The van der Waals surface area contributed by atoms with Gasteiger partial charge in [0.1, 0.15) is 0 Å². The van der Waals surface area contributed by atoms with Crippen LogP contribution in [0.25, 0.3) is 33.2 Å². The Morgan fingerprint density at radius 1 is 1.00 bits per heavy atom. The number of benzene rings is 3. The first kappa shape index (κ1) is 31.1. The normalized spacial score (nSPS) is 20.2. The number of aromatic amines is 1. The third-order valence-corrected chi connectivity index (χ3v) is 10.7. The van der Waals surface area contributed by atoms with Crippen LogP contribution in [0.1, 0.15) is 53.2 Å². The topological polar surface area (TPSA) is 72.0 Å². The largest absolute Gasteiger partial charge is 0.390 e. The molecule has 46 heavy (non-hydrogen) atoms. The fourth-order valence-electron chi connectivity index (χ4n) is 7.63. The molecule has 1 aromatic heterocycles. The van der Waals surface area contributed by atoms with Crippen molar-refractivity contribution in [1.82, 2.24) is 19.7 Å². The van der Waals surface area contributed by atoms with Crippen molar-refractivity contribution >= 4 is 16.8 Å². The minimum atomic E-state index is -0.494. The molecule has 2 N–H and O–H groups in total. The predicted molar refractivity (Wildman–Crippen MR) is 185 cm³/mol. The summed E-state index contributed by atoms with van der Waals surface area (Å²) in [6.45, 7) is 12.7. The molecule has 7 nitrogen and oxygen atoms in total. The lowest BCUT2D eigenvalue weighted by Gasteiger charge is -2.37. The van der Waals surface area contributed by atoms with Crippen LogP contribution in [-0.4, -0.2) is 95.8 Å². The lowest BCUT2D eigenvalue weighted by Crippen LogP contribution is -2.45. The average molecular weight is 621 g/mol. The number of hydrogen-bond acceptors (Lipinski definition) is 5. The maximum absolute atomic E-state index is 13.1. The smallest absolute Gasteiger partial charge is 0.253 e. The quantitative estimate of drug-likeness (QED) is 0.248. The predicted octanol–water partition coefficient (Wildman–Crippen LogP) is 6.12. The molecular weight excluding hydrogens is 572 g/mol. The molecule has 4 heterocycles. The number of nitrogens with zero attached hydrogens (tertiary/aromatic N) is 3. The number of likely N-dealkylation sites (tertiary alicyclic amines) is 1. The van der Waals surface area contributed by atoms with E-state index in [2.05, 4.69) is 70.4 Å². The molecule has 242 valence electrons. The number of aliphatic hydroxyl groups is 1. The lowest BCUT2D eigenvalue weighted by atomic mass is 9.90. The summed E-state index contributed by atoms with van der Waals surface area (Å²) >= 11 is 0. The van der Waals surface area contributed by atoms with Crippen LogP contribution in [0.15, 0.2) is 60.8 Å². The van der Waals surface area contributed by atoms with Gasteiger partial charge in [0.15, 0.2) is 0 Å². The number of ether oxygens (including phenoxy) is 1. The van der Waals surface area contributed by atoms with E-state index in [1.165, 1.54) is 33.2 Å². The summed E-state index contributed by atoms with van der Waals surface area (Å²) in [5, 5.41) is 11.5. The van der Waals surface area contributed by atoms with Gasteiger partial charge in [-0.25, -0.2) is 0 Å².